The summed E-state index contributed by atoms with van der Waals surface area (Å²) in [5.41, 5.74) is 0.613. The molecule has 1 aromatic rings. The third kappa shape index (κ3) is 3.75. The third-order valence-electron chi connectivity index (χ3n) is 8.65. The van der Waals surface area contributed by atoms with Crippen LogP contribution in [0.3, 0.4) is 0 Å². The number of carbonyl (C=O) groups excluding carboxylic acids is 1. The maximum absolute atomic E-state index is 13.3. The van der Waals surface area contributed by atoms with Gasteiger partial charge in [-0.05, 0) is 99.2 Å². The number of hydrogen-bond donors (Lipinski definition) is 1. The standard InChI is InChI=1S/C25H36N2O4S/c1-3-23(25-14-17-10-18(15-25)12-19(11-17)16-25)26-24(28)20-6-7-21(31-2)22(13-20)32(29,30)27-8-4-5-9-27/h6-7,13,17-19,23H,3-5,8-12,14-16H2,1-2H3,(H,26,28). The molecule has 1 aliphatic heterocycles. The molecular weight excluding hydrogens is 424 g/mol. The lowest BCUT2D eigenvalue weighted by molar-refractivity contribution is -0.0727. The van der Waals surface area contributed by atoms with E-state index in [0.717, 1.165) is 37.0 Å². The first kappa shape index (κ1) is 22.2. The highest BCUT2D eigenvalue weighted by molar-refractivity contribution is 7.89. The van der Waals surface area contributed by atoms with Crippen LogP contribution in [0.25, 0.3) is 0 Å². The van der Waals surface area contributed by atoms with E-state index in [1.807, 2.05) is 0 Å². The van der Waals surface area contributed by atoms with Gasteiger partial charge in [-0.25, -0.2) is 8.42 Å². The first-order valence-electron chi connectivity index (χ1n) is 12.3. The van der Waals surface area contributed by atoms with Crippen LogP contribution in [-0.4, -0.2) is 44.9 Å². The van der Waals surface area contributed by atoms with Gasteiger partial charge in [0.1, 0.15) is 10.6 Å². The van der Waals surface area contributed by atoms with E-state index in [4.69, 9.17) is 4.74 Å². The molecule has 1 unspecified atom stereocenters. The Morgan fingerprint density at radius 3 is 2.25 bits per heavy atom. The summed E-state index contributed by atoms with van der Waals surface area (Å²) in [5.74, 6) is 2.59. The highest BCUT2D eigenvalue weighted by Crippen LogP contribution is 2.61. The summed E-state index contributed by atoms with van der Waals surface area (Å²) in [6, 6.07) is 4.95. The van der Waals surface area contributed by atoms with Crippen molar-refractivity contribution in [1.82, 2.24) is 9.62 Å². The van der Waals surface area contributed by atoms with E-state index in [1.54, 1.807) is 12.1 Å². The van der Waals surface area contributed by atoms with E-state index < -0.39 is 10.0 Å². The molecule has 4 bridgehead atoms. The van der Waals surface area contributed by atoms with E-state index in [9.17, 15) is 13.2 Å². The minimum absolute atomic E-state index is 0.0948. The van der Waals surface area contributed by atoms with Crippen LogP contribution in [0.1, 0.15) is 75.1 Å². The van der Waals surface area contributed by atoms with Crippen LogP contribution in [0.4, 0.5) is 0 Å². The third-order valence-corrected chi connectivity index (χ3v) is 10.6. The highest BCUT2D eigenvalue weighted by atomic mass is 32.2. The average Bonchev–Trinajstić information content (AvgIpc) is 3.31. The molecule has 1 aromatic carbocycles. The predicted molar refractivity (Wildman–Crippen MR) is 123 cm³/mol. The number of amides is 1. The molecule has 0 spiro atoms. The molecule has 1 atom stereocenters. The van der Waals surface area contributed by atoms with Crippen LogP contribution in [0.2, 0.25) is 0 Å². The van der Waals surface area contributed by atoms with Crippen molar-refractivity contribution in [1.29, 1.82) is 0 Å². The van der Waals surface area contributed by atoms with Crippen molar-refractivity contribution >= 4 is 15.9 Å². The van der Waals surface area contributed by atoms with Crippen molar-refractivity contribution in [3.63, 3.8) is 0 Å². The molecule has 6 nitrogen and oxygen atoms in total. The quantitative estimate of drug-likeness (QED) is 0.662. The lowest BCUT2D eigenvalue weighted by Crippen LogP contribution is -2.56. The first-order valence-corrected chi connectivity index (χ1v) is 13.8. The number of nitrogens with one attached hydrogen (secondary N) is 1. The summed E-state index contributed by atoms with van der Waals surface area (Å²) in [4.78, 5) is 13.4. The van der Waals surface area contributed by atoms with Gasteiger partial charge in [0, 0.05) is 24.7 Å². The van der Waals surface area contributed by atoms with Crippen LogP contribution >= 0.6 is 0 Å². The van der Waals surface area contributed by atoms with Crippen LogP contribution in [0.15, 0.2) is 23.1 Å². The number of rotatable bonds is 7. The normalized spacial score (nSPS) is 32.8. The molecule has 4 saturated carbocycles. The summed E-state index contributed by atoms with van der Waals surface area (Å²) in [6.07, 6.45) is 10.5. The molecule has 0 aromatic heterocycles. The monoisotopic (exact) mass is 460 g/mol. The summed E-state index contributed by atoms with van der Waals surface area (Å²) in [6.45, 7) is 3.21. The molecule has 1 heterocycles. The van der Waals surface area contributed by atoms with E-state index in [0.29, 0.717) is 24.4 Å². The Balaban J connectivity index is 1.39. The van der Waals surface area contributed by atoms with Crippen molar-refractivity contribution in [2.24, 2.45) is 23.2 Å². The zero-order valence-electron chi connectivity index (χ0n) is 19.3. The molecule has 0 radical (unpaired) electrons. The van der Waals surface area contributed by atoms with Crippen molar-refractivity contribution in [2.45, 2.75) is 75.6 Å². The zero-order valence-corrected chi connectivity index (χ0v) is 20.1. The second-order valence-corrected chi connectivity index (χ2v) is 12.6. The fraction of sp³-hybridized carbons (Fsp3) is 0.720. The van der Waals surface area contributed by atoms with Gasteiger partial charge in [-0.2, -0.15) is 4.31 Å². The van der Waals surface area contributed by atoms with Crippen molar-refractivity contribution in [2.75, 3.05) is 20.2 Å². The van der Waals surface area contributed by atoms with Gasteiger partial charge in [0.05, 0.1) is 7.11 Å². The fourth-order valence-electron chi connectivity index (χ4n) is 7.62. The SMILES string of the molecule is CCC(NC(=O)c1ccc(OC)c(S(=O)(=O)N2CCCC2)c1)C12CC3CC(CC(C3)C1)C2. The molecule has 32 heavy (non-hydrogen) atoms. The number of hydrogen-bond acceptors (Lipinski definition) is 4. The lowest BCUT2D eigenvalue weighted by Gasteiger charge is -2.59. The number of sulfonamides is 1. The first-order chi connectivity index (χ1) is 15.3. The molecule has 6 rings (SSSR count). The Kier molecular flexibility index (Phi) is 5.77. The van der Waals surface area contributed by atoms with Crippen molar-refractivity contribution in [3.05, 3.63) is 23.8 Å². The molecule has 5 aliphatic rings. The minimum atomic E-state index is -3.68. The molecule has 1 N–H and O–H groups in total. The molecule has 176 valence electrons. The Labute approximate surface area is 192 Å². The van der Waals surface area contributed by atoms with Gasteiger partial charge < -0.3 is 10.1 Å². The smallest absolute Gasteiger partial charge is 0.251 e. The van der Waals surface area contributed by atoms with Gasteiger partial charge >= 0.3 is 0 Å². The summed E-state index contributed by atoms with van der Waals surface area (Å²) in [5, 5.41) is 3.34. The number of benzene rings is 1. The van der Waals surface area contributed by atoms with Crippen molar-refractivity contribution < 1.29 is 17.9 Å². The second kappa shape index (κ2) is 8.32. The summed E-state index contributed by atoms with van der Waals surface area (Å²) >= 11 is 0. The predicted octanol–water partition coefficient (Wildman–Crippen LogP) is 4.20. The second-order valence-electron chi connectivity index (χ2n) is 10.7. The molecule has 7 heteroatoms. The number of nitrogens with zero attached hydrogens (tertiary/aromatic N) is 1. The van der Waals surface area contributed by atoms with Gasteiger partial charge in [0.15, 0.2) is 0 Å². The number of ether oxygens (including phenoxy) is 1. The Bertz CT molecular complexity index is 948. The molecule has 1 saturated heterocycles. The van der Waals surface area contributed by atoms with Crippen LogP contribution in [0, 0.1) is 23.2 Å². The minimum Gasteiger partial charge on any atom is -0.495 e. The molecule has 5 fully saturated rings. The van der Waals surface area contributed by atoms with E-state index in [2.05, 4.69) is 12.2 Å². The van der Waals surface area contributed by atoms with Gasteiger partial charge in [-0.1, -0.05) is 6.92 Å². The maximum Gasteiger partial charge on any atom is 0.251 e. The largest absolute Gasteiger partial charge is 0.495 e. The molecule has 1 amide bonds. The van der Waals surface area contributed by atoms with Crippen molar-refractivity contribution in [3.8, 4) is 5.75 Å². The number of carbonyl (C=O) groups is 1. The molecule has 4 aliphatic carbocycles. The Morgan fingerprint density at radius 2 is 1.72 bits per heavy atom. The molecular formula is C25H36N2O4S. The van der Waals surface area contributed by atoms with Gasteiger partial charge in [0.2, 0.25) is 10.0 Å². The number of methoxy groups -OCH3 is 1. The highest BCUT2D eigenvalue weighted by Gasteiger charge is 2.54. The lowest BCUT2D eigenvalue weighted by atomic mass is 9.47. The van der Waals surface area contributed by atoms with Gasteiger partial charge in [0.25, 0.3) is 5.91 Å². The zero-order chi connectivity index (χ0) is 22.5. The fourth-order valence-corrected chi connectivity index (χ4v) is 9.32. The Hall–Kier alpha value is -1.60. The summed E-state index contributed by atoms with van der Waals surface area (Å²) in [7, 11) is -2.21. The van der Waals surface area contributed by atoms with E-state index in [-0.39, 0.29) is 22.3 Å². The van der Waals surface area contributed by atoms with Gasteiger partial charge in [-0.3, -0.25) is 4.79 Å². The van der Waals surface area contributed by atoms with Gasteiger partial charge in [-0.15, -0.1) is 0 Å². The average molecular weight is 461 g/mol. The van der Waals surface area contributed by atoms with Crippen LogP contribution in [0.5, 0.6) is 5.75 Å². The van der Waals surface area contributed by atoms with E-state index >= 15 is 0 Å². The maximum atomic E-state index is 13.3. The van der Waals surface area contributed by atoms with E-state index in [1.165, 1.54) is 56.0 Å². The summed E-state index contributed by atoms with van der Waals surface area (Å²) < 4.78 is 33.3. The van der Waals surface area contributed by atoms with Crippen LogP contribution < -0.4 is 10.1 Å². The topological polar surface area (TPSA) is 75.7 Å². The Morgan fingerprint density at radius 1 is 1.12 bits per heavy atom. The van der Waals surface area contributed by atoms with Crippen LogP contribution in [-0.2, 0) is 10.0 Å².